The van der Waals surface area contributed by atoms with Gasteiger partial charge in [0.05, 0.1) is 5.56 Å². The summed E-state index contributed by atoms with van der Waals surface area (Å²) in [6.45, 7) is 2.08. The molecule has 0 heterocycles. The molecule has 0 amide bonds. The van der Waals surface area contributed by atoms with E-state index in [9.17, 15) is 0 Å². The first-order chi connectivity index (χ1) is 9.10. The Morgan fingerprint density at radius 1 is 1.21 bits per heavy atom. The molecule has 4 heteroatoms. The molecule has 1 unspecified atom stereocenters. The molecule has 3 nitrogen and oxygen atoms in total. The maximum atomic E-state index is 8.88. The van der Waals surface area contributed by atoms with Gasteiger partial charge in [0, 0.05) is 21.9 Å². The Labute approximate surface area is 121 Å². The van der Waals surface area contributed by atoms with Crippen LogP contribution in [0.1, 0.15) is 24.1 Å². The number of hydrogen-bond acceptors (Lipinski definition) is 3. The summed E-state index contributed by atoms with van der Waals surface area (Å²) in [5.74, 6) is 0. The van der Waals surface area contributed by atoms with Crippen molar-refractivity contribution in [3.05, 3.63) is 58.1 Å². The van der Waals surface area contributed by atoms with Gasteiger partial charge in [0.25, 0.3) is 0 Å². The zero-order valence-electron chi connectivity index (χ0n) is 10.5. The van der Waals surface area contributed by atoms with Crippen LogP contribution in [0.2, 0.25) is 0 Å². The second-order valence-corrected chi connectivity index (χ2v) is 5.19. The van der Waals surface area contributed by atoms with Crippen molar-refractivity contribution in [3.8, 4) is 6.07 Å². The van der Waals surface area contributed by atoms with Crippen LogP contribution in [0.5, 0.6) is 0 Å². The summed E-state index contributed by atoms with van der Waals surface area (Å²) in [5, 5.41) is 12.3. The summed E-state index contributed by atoms with van der Waals surface area (Å²) in [6.07, 6.45) is 0. The Balaban J connectivity index is 2.15. The van der Waals surface area contributed by atoms with Crippen LogP contribution in [0.4, 0.5) is 11.4 Å². The van der Waals surface area contributed by atoms with Gasteiger partial charge in [-0.3, -0.25) is 0 Å². The summed E-state index contributed by atoms with van der Waals surface area (Å²) in [7, 11) is 0. The highest BCUT2D eigenvalue weighted by Gasteiger charge is 2.06. The van der Waals surface area contributed by atoms with Gasteiger partial charge in [-0.05, 0) is 58.7 Å². The molecule has 0 aliphatic carbocycles. The Kier molecular flexibility index (Phi) is 4.08. The minimum atomic E-state index is 0.167. The number of nitrogens with zero attached hydrogens (tertiary/aromatic N) is 1. The van der Waals surface area contributed by atoms with Crippen LogP contribution in [0, 0.1) is 11.3 Å². The van der Waals surface area contributed by atoms with Crippen LogP contribution >= 0.6 is 15.9 Å². The largest absolute Gasteiger partial charge is 0.399 e. The predicted octanol–water partition coefficient (Wildman–Crippen LogP) is 4.08. The van der Waals surface area contributed by atoms with Crippen molar-refractivity contribution in [3.63, 3.8) is 0 Å². The minimum Gasteiger partial charge on any atom is -0.399 e. The second-order valence-electron chi connectivity index (χ2n) is 4.34. The quantitative estimate of drug-likeness (QED) is 0.839. The molecule has 0 bridgehead atoms. The number of rotatable bonds is 3. The van der Waals surface area contributed by atoms with Crippen molar-refractivity contribution in [2.24, 2.45) is 0 Å². The van der Waals surface area contributed by atoms with E-state index in [1.54, 1.807) is 6.07 Å². The SMILES string of the molecule is CC(Nc1ccc(C#N)c(Br)c1)c1ccc(N)cc1. The van der Waals surface area contributed by atoms with Gasteiger partial charge >= 0.3 is 0 Å². The molecule has 0 fully saturated rings. The number of nitriles is 1. The van der Waals surface area contributed by atoms with E-state index in [1.165, 1.54) is 0 Å². The minimum absolute atomic E-state index is 0.167. The van der Waals surface area contributed by atoms with Crippen LogP contribution in [0.3, 0.4) is 0 Å². The number of hydrogen-bond donors (Lipinski definition) is 2. The van der Waals surface area contributed by atoms with Crippen LogP contribution in [-0.2, 0) is 0 Å². The lowest BCUT2D eigenvalue weighted by Crippen LogP contribution is -2.06. The van der Waals surface area contributed by atoms with E-state index in [0.29, 0.717) is 5.56 Å². The van der Waals surface area contributed by atoms with Gasteiger partial charge in [-0.15, -0.1) is 0 Å². The molecule has 0 saturated heterocycles. The maximum absolute atomic E-state index is 8.88. The highest BCUT2D eigenvalue weighted by molar-refractivity contribution is 9.10. The molecule has 0 radical (unpaired) electrons. The van der Waals surface area contributed by atoms with Crippen molar-refractivity contribution < 1.29 is 0 Å². The van der Waals surface area contributed by atoms with E-state index in [-0.39, 0.29) is 6.04 Å². The van der Waals surface area contributed by atoms with Gasteiger partial charge < -0.3 is 11.1 Å². The first-order valence-corrected chi connectivity index (χ1v) is 6.71. The van der Waals surface area contributed by atoms with Crippen LogP contribution in [0.25, 0.3) is 0 Å². The highest BCUT2D eigenvalue weighted by atomic mass is 79.9. The molecule has 0 aliphatic heterocycles. The molecule has 3 N–H and O–H groups in total. The van der Waals surface area contributed by atoms with Gasteiger partial charge in [0.1, 0.15) is 6.07 Å². The molecule has 2 aromatic carbocycles. The van der Waals surface area contributed by atoms with Gasteiger partial charge in [-0.25, -0.2) is 0 Å². The van der Waals surface area contributed by atoms with E-state index in [1.807, 2.05) is 36.4 Å². The molecule has 0 aliphatic rings. The Hall–Kier alpha value is -1.99. The van der Waals surface area contributed by atoms with Gasteiger partial charge in [0.2, 0.25) is 0 Å². The van der Waals surface area contributed by atoms with E-state index in [4.69, 9.17) is 11.0 Å². The first-order valence-electron chi connectivity index (χ1n) is 5.92. The predicted molar refractivity (Wildman–Crippen MR) is 81.7 cm³/mol. The molecular weight excluding hydrogens is 302 g/mol. The fourth-order valence-electron chi connectivity index (χ4n) is 1.81. The van der Waals surface area contributed by atoms with Gasteiger partial charge in [-0.1, -0.05) is 12.1 Å². The number of benzene rings is 2. The van der Waals surface area contributed by atoms with E-state index in [0.717, 1.165) is 21.4 Å². The Morgan fingerprint density at radius 3 is 2.47 bits per heavy atom. The van der Waals surface area contributed by atoms with Crippen molar-refractivity contribution in [1.29, 1.82) is 5.26 Å². The van der Waals surface area contributed by atoms with Crippen molar-refractivity contribution in [2.75, 3.05) is 11.1 Å². The molecule has 0 aromatic heterocycles. The molecule has 0 spiro atoms. The molecule has 1 atom stereocenters. The zero-order chi connectivity index (χ0) is 13.8. The summed E-state index contributed by atoms with van der Waals surface area (Å²) < 4.78 is 0.796. The average Bonchev–Trinajstić information content (AvgIpc) is 2.39. The Bertz CT molecular complexity index is 614. The third-order valence-corrected chi connectivity index (χ3v) is 3.57. The third kappa shape index (κ3) is 3.27. The molecular formula is C15H14BrN3. The first kappa shape index (κ1) is 13.4. The number of halogens is 1. The van der Waals surface area contributed by atoms with Crippen LogP contribution in [0.15, 0.2) is 46.9 Å². The van der Waals surface area contributed by atoms with Gasteiger partial charge in [0.15, 0.2) is 0 Å². The summed E-state index contributed by atoms with van der Waals surface area (Å²) in [4.78, 5) is 0. The second kappa shape index (κ2) is 5.77. The maximum Gasteiger partial charge on any atom is 0.100 e. The smallest absolute Gasteiger partial charge is 0.100 e. The standard InChI is InChI=1S/C15H14BrN3/c1-10(11-2-5-13(18)6-3-11)19-14-7-4-12(9-17)15(16)8-14/h2-8,10,19H,18H2,1H3. The Morgan fingerprint density at radius 2 is 1.89 bits per heavy atom. The average molecular weight is 316 g/mol. The summed E-state index contributed by atoms with van der Waals surface area (Å²) in [5.41, 5.74) is 9.19. The van der Waals surface area contributed by atoms with E-state index >= 15 is 0 Å². The molecule has 19 heavy (non-hydrogen) atoms. The highest BCUT2D eigenvalue weighted by Crippen LogP contribution is 2.24. The van der Waals surface area contributed by atoms with E-state index in [2.05, 4.69) is 34.2 Å². The number of nitrogen functional groups attached to an aromatic ring is 1. The number of nitrogens with one attached hydrogen (secondary N) is 1. The van der Waals surface area contributed by atoms with Crippen molar-refractivity contribution >= 4 is 27.3 Å². The number of nitrogens with two attached hydrogens (primary N) is 1. The molecule has 2 rings (SSSR count). The summed E-state index contributed by atoms with van der Waals surface area (Å²) >= 11 is 3.38. The van der Waals surface area contributed by atoms with Crippen molar-refractivity contribution in [2.45, 2.75) is 13.0 Å². The lowest BCUT2D eigenvalue weighted by Gasteiger charge is -2.16. The fraction of sp³-hybridized carbons (Fsp3) is 0.133. The van der Waals surface area contributed by atoms with Gasteiger partial charge in [-0.2, -0.15) is 5.26 Å². The monoisotopic (exact) mass is 315 g/mol. The number of anilines is 2. The zero-order valence-corrected chi connectivity index (χ0v) is 12.1. The lowest BCUT2D eigenvalue weighted by atomic mass is 10.1. The lowest BCUT2D eigenvalue weighted by molar-refractivity contribution is 0.885. The van der Waals surface area contributed by atoms with E-state index < -0.39 is 0 Å². The van der Waals surface area contributed by atoms with Crippen LogP contribution < -0.4 is 11.1 Å². The molecule has 96 valence electrons. The fourth-order valence-corrected chi connectivity index (χ4v) is 2.28. The normalized spacial score (nSPS) is 11.6. The molecule has 0 saturated carbocycles. The van der Waals surface area contributed by atoms with Crippen LogP contribution in [-0.4, -0.2) is 0 Å². The molecule has 2 aromatic rings. The summed E-state index contributed by atoms with van der Waals surface area (Å²) in [6, 6.07) is 15.7. The van der Waals surface area contributed by atoms with Crippen molar-refractivity contribution in [1.82, 2.24) is 0 Å². The third-order valence-electron chi connectivity index (χ3n) is 2.91. The topological polar surface area (TPSA) is 61.8 Å².